The lowest BCUT2D eigenvalue weighted by Crippen LogP contribution is -2.20. The second kappa shape index (κ2) is 7.48. The third-order valence-electron chi connectivity index (χ3n) is 3.71. The molecule has 0 radical (unpaired) electrons. The van der Waals surface area contributed by atoms with Gasteiger partial charge in [0.15, 0.2) is 23.9 Å². The molecule has 11 heteroatoms. The van der Waals surface area contributed by atoms with E-state index >= 15 is 0 Å². The van der Waals surface area contributed by atoms with E-state index in [-0.39, 0.29) is 23.4 Å². The Balaban J connectivity index is 1.39. The zero-order valence-corrected chi connectivity index (χ0v) is 15.0. The number of hydrogen-bond acceptors (Lipinski definition) is 9. The van der Waals surface area contributed by atoms with E-state index in [1.807, 2.05) is 6.07 Å². The Morgan fingerprint density at radius 3 is 2.89 bits per heavy atom. The number of carbonyl (C=O) groups is 1. The first kappa shape index (κ1) is 17.7. The number of rotatable bonds is 6. The lowest BCUT2D eigenvalue weighted by Gasteiger charge is -2.05. The summed E-state index contributed by atoms with van der Waals surface area (Å²) in [7, 11) is 0. The number of nitrogens with zero attached hydrogens (tertiary/aromatic N) is 3. The molecule has 0 unspecified atom stereocenters. The SMILES string of the molecule is O=C(COc1ccccc1[N+](=O)[O-])Nc1nnc(-c2ccc3c(c2)OCO3)s1. The Morgan fingerprint density at radius 1 is 1.21 bits per heavy atom. The van der Waals surface area contributed by atoms with Crippen molar-refractivity contribution in [2.75, 3.05) is 18.7 Å². The number of ether oxygens (including phenoxy) is 3. The molecule has 3 aromatic rings. The molecule has 2 heterocycles. The Morgan fingerprint density at radius 2 is 2.04 bits per heavy atom. The van der Waals surface area contributed by atoms with Crippen molar-refractivity contribution in [3.63, 3.8) is 0 Å². The van der Waals surface area contributed by atoms with Gasteiger partial charge in [-0.15, -0.1) is 10.2 Å². The van der Waals surface area contributed by atoms with Crippen molar-refractivity contribution < 1.29 is 23.9 Å². The number of nitrogens with one attached hydrogen (secondary N) is 1. The molecular weight excluding hydrogens is 388 g/mol. The molecule has 0 saturated carbocycles. The quantitative estimate of drug-likeness (QED) is 0.494. The highest BCUT2D eigenvalue weighted by atomic mass is 32.1. The van der Waals surface area contributed by atoms with E-state index in [1.54, 1.807) is 18.2 Å². The van der Waals surface area contributed by atoms with Crippen LogP contribution < -0.4 is 19.5 Å². The van der Waals surface area contributed by atoms with Crippen molar-refractivity contribution in [2.24, 2.45) is 0 Å². The van der Waals surface area contributed by atoms with Gasteiger partial charge in [-0.2, -0.15) is 0 Å². The maximum Gasteiger partial charge on any atom is 0.310 e. The summed E-state index contributed by atoms with van der Waals surface area (Å²) in [6.45, 7) is -0.223. The Hall–Kier alpha value is -3.73. The van der Waals surface area contributed by atoms with Gasteiger partial charge in [-0.25, -0.2) is 0 Å². The molecule has 0 saturated heterocycles. The zero-order valence-electron chi connectivity index (χ0n) is 14.2. The monoisotopic (exact) mass is 400 g/mol. The number of hydrogen-bond donors (Lipinski definition) is 1. The number of anilines is 1. The molecule has 10 nitrogen and oxygen atoms in total. The van der Waals surface area contributed by atoms with Gasteiger partial charge in [-0.3, -0.25) is 20.2 Å². The molecule has 0 aliphatic carbocycles. The maximum absolute atomic E-state index is 12.1. The lowest BCUT2D eigenvalue weighted by atomic mass is 10.2. The first-order valence-electron chi connectivity index (χ1n) is 8.00. The third-order valence-corrected chi connectivity index (χ3v) is 4.60. The summed E-state index contributed by atoms with van der Waals surface area (Å²) >= 11 is 1.18. The van der Waals surface area contributed by atoms with Gasteiger partial charge in [-0.05, 0) is 24.3 Å². The predicted octanol–water partition coefficient (Wildman–Crippen LogP) is 2.86. The topological polar surface area (TPSA) is 126 Å². The average molecular weight is 400 g/mol. The third kappa shape index (κ3) is 3.69. The average Bonchev–Trinajstić information content (AvgIpc) is 3.35. The van der Waals surface area contributed by atoms with Crippen LogP contribution in [0.5, 0.6) is 17.2 Å². The fraction of sp³-hybridized carbons (Fsp3) is 0.118. The molecule has 142 valence electrons. The fourth-order valence-electron chi connectivity index (χ4n) is 2.45. The zero-order chi connectivity index (χ0) is 19.5. The van der Waals surface area contributed by atoms with Crippen molar-refractivity contribution in [2.45, 2.75) is 0 Å². The van der Waals surface area contributed by atoms with Crippen LogP contribution in [0.2, 0.25) is 0 Å². The maximum atomic E-state index is 12.1. The molecule has 28 heavy (non-hydrogen) atoms. The highest BCUT2D eigenvalue weighted by Gasteiger charge is 2.18. The Labute approximate surface area is 161 Å². The molecular formula is C17H12N4O6S. The van der Waals surface area contributed by atoms with Gasteiger partial charge in [0, 0.05) is 11.6 Å². The number of nitro benzene ring substituents is 1. The molecule has 1 aromatic heterocycles. The largest absolute Gasteiger partial charge is 0.477 e. The summed E-state index contributed by atoms with van der Waals surface area (Å²) in [6, 6.07) is 11.2. The minimum atomic E-state index is -0.574. The van der Waals surface area contributed by atoms with Gasteiger partial charge in [0.1, 0.15) is 5.01 Å². The number of benzene rings is 2. The normalized spacial score (nSPS) is 11.9. The summed E-state index contributed by atoms with van der Waals surface area (Å²) in [4.78, 5) is 22.4. The molecule has 0 bridgehead atoms. The molecule has 0 fully saturated rings. The minimum Gasteiger partial charge on any atom is -0.477 e. The van der Waals surface area contributed by atoms with Gasteiger partial charge in [0.2, 0.25) is 11.9 Å². The number of aromatic nitrogens is 2. The molecule has 4 rings (SSSR count). The van der Waals surface area contributed by atoms with Crippen LogP contribution in [0.4, 0.5) is 10.8 Å². The highest BCUT2D eigenvalue weighted by Crippen LogP contribution is 2.37. The first-order valence-corrected chi connectivity index (χ1v) is 8.81. The van der Waals surface area contributed by atoms with E-state index in [1.165, 1.54) is 29.5 Å². The smallest absolute Gasteiger partial charge is 0.310 e. The van der Waals surface area contributed by atoms with Gasteiger partial charge in [0.05, 0.1) is 4.92 Å². The molecule has 2 aromatic carbocycles. The summed E-state index contributed by atoms with van der Waals surface area (Å²) in [5.41, 5.74) is 0.565. The van der Waals surface area contributed by atoms with Crippen molar-refractivity contribution in [1.82, 2.24) is 10.2 Å². The van der Waals surface area contributed by atoms with Crippen molar-refractivity contribution in [3.8, 4) is 27.8 Å². The van der Waals surface area contributed by atoms with E-state index < -0.39 is 17.4 Å². The van der Waals surface area contributed by atoms with Crippen molar-refractivity contribution in [1.29, 1.82) is 0 Å². The molecule has 0 atom stereocenters. The van der Waals surface area contributed by atoms with Crippen molar-refractivity contribution in [3.05, 3.63) is 52.6 Å². The van der Waals surface area contributed by atoms with Crippen LogP contribution in [0.3, 0.4) is 0 Å². The van der Waals surface area contributed by atoms with Crippen LogP contribution in [-0.2, 0) is 4.79 Å². The molecule has 1 aliphatic heterocycles. The Kier molecular flexibility index (Phi) is 4.72. The summed E-state index contributed by atoms with van der Waals surface area (Å²) in [5.74, 6) is 0.789. The van der Waals surface area contributed by atoms with E-state index in [4.69, 9.17) is 14.2 Å². The van der Waals surface area contributed by atoms with E-state index in [0.717, 1.165) is 5.56 Å². The number of amides is 1. The Bertz CT molecular complexity index is 1050. The van der Waals surface area contributed by atoms with E-state index in [0.29, 0.717) is 16.5 Å². The van der Waals surface area contributed by atoms with Crippen LogP contribution in [0.1, 0.15) is 0 Å². The lowest BCUT2D eigenvalue weighted by molar-refractivity contribution is -0.385. The van der Waals surface area contributed by atoms with E-state index in [2.05, 4.69) is 15.5 Å². The molecule has 1 amide bonds. The van der Waals surface area contributed by atoms with Crippen LogP contribution >= 0.6 is 11.3 Å². The number of nitro groups is 1. The molecule has 1 aliphatic rings. The van der Waals surface area contributed by atoms with Gasteiger partial charge < -0.3 is 14.2 Å². The van der Waals surface area contributed by atoms with Gasteiger partial charge in [-0.1, -0.05) is 23.5 Å². The molecule has 0 spiro atoms. The predicted molar refractivity (Wildman–Crippen MR) is 98.7 cm³/mol. The standard InChI is InChI=1S/C17H12N4O6S/c22-15(8-25-12-4-2-1-3-11(12)21(23)24)18-17-20-19-16(28-17)10-5-6-13-14(7-10)27-9-26-13/h1-7H,8-9H2,(H,18,20,22). The second-order valence-electron chi connectivity index (χ2n) is 5.54. The molecule has 1 N–H and O–H groups in total. The van der Waals surface area contributed by atoms with Crippen LogP contribution in [0.15, 0.2) is 42.5 Å². The van der Waals surface area contributed by atoms with Gasteiger partial charge >= 0.3 is 5.69 Å². The first-order chi connectivity index (χ1) is 13.6. The van der Waals surface area contributed by atoms with Crippen LogP contribution in [0, 0.1) is 10.1 Å². The summed E-state index contributed by atoms with van der Waals surface area (Å²) < 4.78 is 15.8. The highest BCUT2D eigenvalue weighted by molar-refractivity contribution is 7.18. The summed E-state index contributed by atoms with van der Waals surface area (Å²) in [6.07, 6.45) is 0. The van der Waals surface area contributed by atoms with E-state index in [9.17, 15) is 14.9 Å². The summed E-state index contributed by atoms with van der Waals surface area (Å²) in [5, 5.41) is 22.4. The minimum absolute atomic E-state index is 0.0148. The second-order valence-corrected chi connectivity index (χ2v) is 6.52. The fourth-order valence-corrected chi connectivity index (χ4v) is 3.20. The number of fused-ring (bicyclic) bond motifs is 1. The van der Waals surface area contributed by atoms with Crippen LogP contribution in [0.25, 0.3) is 10.6 Å². The van der Waals surface area contributed by atoms with Gasteiger partial charge in [0.25, 0.3) is 5.91 Å². The number of para-hydroxylation sites is 2. The van der Waals surface area contributed by atoms with Crippen molar-refractivity contribution >= 4 is 28.1 Å². The number of carbonyl (C=O) groups excluding carboxylic acids is 1. The van der Waals surface area contributed by atoms with Crippen LogP contribution in [-0.4, -0.2) is 34.4 Å².